The summed E-state index contributed by atoms with van der Waals surface area (Å²) in [5.74, 6) is 1.37. The van der Waals surface area contributed by atoms with Gasteiger partial charge in [-0.1, -0.05) is 40.7 Å². The predicted molar refractivity (Wildman–Crippen MR) is 88.3 cm³/mol. The Morgan fingerprint density at radius 3 is 2.38 bits per heavy atom. The van der Waals surface area contributed by atoms with Crippen molar-refractivity contribution in [3.63, 3.8) is 0 Å². The Morgan fingerprint density at radius 2 is 1.90 bits per heavy atom. The highest BCUT2D eigenvalue weighted by molar-refractivity contribution is 5.72. The summed E-state index contributed by atoms with van der Waals surface area (Å²) in [4.78, 5) is 11.0. The molecule has 3 nitrogen and oxygen atoms in total. The maximum absolute atomic E-state index is 11.0. The first-order valence-electron chi connectivity index (χ1n) is 7.66. The van der Waals surface area contributed by atoms with Crippen LogP contribution >= 0.6 is 0 Å². The molecule has 0 radical (unpaired) electrons. The molecule has 2 atom stereocenters. The molecule has 1 unspecified atom stereocenters. The van der Waals surface area contributed by atoms with Gasteiger partial charge in [0.1, 0.15) is 0 Å². The summed E-state index contributed by atoms with van der Waals surface area (Å²) in [5.41, 5.74) is 8.00. The van der Waals surface area contributed by atoms with Gasteiger partial charge in [0.25, 0.3) is 0 Å². The molecule has 118 valence electrons. The molecule has 0 fully saturated rings. The molecule has 1 aromatic carbocycles. The summed E-state index contributed by atoms with van der Waals surface area (Å²) in [5, 5.41) is 0. The third kappa shape index (κ3) is 5.78. The minimum Gasteiger partial charge on any atom is -0.425 e. The number of rotatable bonds is 5. The van der Waals surface area contributed by atoms with Crippen molar-refractivity contribution in [1.82, 2.24) is 0 Å². The second-order valence-corrected chi connectivity index (χ2v) is 7.28. The number of hydrogen-bond donors (Lipinski definition) is 1. The van der Waals surface area contributed by atoms with Crippen LogP contribution < -0.4 is 10.5 Å². The van der Waals surface area contributed by atoms with Crippen molar-refractivity contribution in [1.29, 1.82) is 0 Å². The van der Waals surface area contributed by atoms with Crippen LogP contribution in [0.25, 0.3) is 0 Å². The third-order valence-corrected chi connectivity index (χ3v) is 4.15. The van der Waals surface area contributed by atoms with Gasteiger partial charge < -0.3 is 10.5 Å². The topological polar surface area (TPSA) is 52.3 Å². The van der Waals surface area contributed by atoms with Crippen LogP contribution in [-0.4, -0.2) is 5.97 Å². The maximum atomic E-state index is 11.0. The van der Waals surface area contributed by atoms with E-state index in [9.17, 15) is 4.79 Å². The van der Waals surface area contributed by atoms with Crippen molar-refractivity contribution in [2.24, 2.45) is 17.3 Å². The smallest absolute Gasteiger partial charge is 0.308 e. The van der Waals surface area contributed by atoms with Crippen molar-refractivity contribution in [2.75, 3.05) is 5.73 Å². The molecule has 0 aliphatic rings. The Balaban J connectivity index is 2.67. The van der Waals surface area contributed by atoms with Gasteiger partial charge in [0.15, 0.2) is 5.75 Å². The number of esters is 1. The van der Waals surface area contributed by atoms with Gasteiger partial charge in [-0.25, -0.2) is 0 Å². The maximum Gasteiger partial charge on any atom is 0.308 e. The van der Waals surface area contributed by atoms with Crippen molar-refractivity contribution in [2.45, 2.75) is 54.4 Å². The molecule has 0 saturated heterocycles. The number of carbonyl (C=O) groups is 1. The number of benzene rings is 1. The molecule has 0 aliphatic heterocycles. The van der Waals surface area contributed by atoms with Gasteiger partial charge in [0.2, 0.25) is 0 Å². The third-order valence-electron chi connectivity index (χ3n) is 4.15. The summed E-state index contributed by atoms with van der Waals surface area (Å²) < 4.78 is 5.05. The lowest BCUT2D eigenvalue weighted by Gasteiger charge is -2.29. The molecule has 21 heavy (non-hydrogen) atoms. The lowest BCUT2D eigenvalue weighted by atomic mass is 9.76. The fourth-order valence-electron chi connectivity index (χ4n) is 2.42. The first kappa shape index (κ1) is 17.5. The zero-order valence-electron chi connectivity index (χ0n) is 14.2. The fourth-order valence-corrected chi connectivity index (χ4v) is 2.42. The van der Waals surface area contributed by atoms with E-state index in [0.717, 1.165) is 6.42 Å². The molecule has 0 heterocycles. The minimum atomic E-state index is -0.346. The van der Waals surface area contributed by atoms with Gasteiger partial charge in [0.05, 0.1) is 5.69 Å². The average molecular weight is 291 g/mol. The van der Waals surface area contributed by atoms with E-state index in [1.165, 1.54) is 18.9 Å². The number of ether oxygens (including phenoxy) is 1. The molecule has 2 N–H and O–H groups in total. The molecule has 0 spiro atoms. The van der Waals surface area contributed by atoms with Crippen molar-refractivity contribution >= 4 is 11.7 Å². The lowest BCUT2D eigenvalue weighted by molar-refractivity contribution is -0.131. The van der Waals surface area contributed by atoms with E-state index in [1.807, 2.05) is 12.1 Å². The Morgan fingerprint density at radius 1 is 1.29 bits per heavy atom. The van der Waals surface area contributed by atoms with Crippen LogP contribution in [0.15, 0.2) is 18.2 Å². The molecule has 0 bridgehead atoms. The van der Waals surface area contributed by atoms with E-state index in [0.29, 0.717) is 28.7 Å². The van der Waals surface area contributed by atoms with E-state index < -0.39 is 0 Å². The largest absolute Gasteiger partial charge is 0.425 e. The zero-order valence-corrected chi connectivity index (χ0v) is 14.2. The number of nitrogen functional groups attached to an aromatic ring is 1. The quantitative estimate of drug-likeness (QED) is 0.495. The molecule has 1 rings (SSSR count). The van der Waals surface area contributed by atoms with E-state index in [4.69, 9.17) is 10.5 Å². The molecular weight excluding hydrogens is 262 g/mol. The van der Waals surface area contributed by atoms with Gasteiger partial charge in [-0.2, -0.15) is 0 Å². The Hall–Kier alpha value is -1.51. The monoisotopic (exact) mass is 291 g/mol. The van der Waals surface area contributed by atoms with Crippen LogP contribution in [0.5, 0.6) is 5.75 Å². The molecule has 0 aliphatic carbocycles. The first-order chi connectivity index (χ1) is 9.59. The fraction of sp³-hybridized carbons (Fsp3) is 0.611. The van der Waals surface area contributed by atoms with E-state index in [1.54, 1.807) is 6.07 Å². The Labute approximate surface area is 128 Å². The molecule has 3 heteroatoms. The number of nitrogens with two attached hydrogens (primary N) is 1. The highest BCUT2D eigenvalue weighted by Crippen LogP contribution is 2.32. The van der Waals surface area contributed by atoms with Gasteiger partial charge in [-0.3, -0.25) is 4.79 Å². The van der Waals surface area contributed by atoms with Crippen LogP contribution in [-0.2, 0) is 11.2 Å². The second kappa shape index (κ2) is 6.97. The number of hydrogen-bond acceptors (Lipinski definition) is 3. The lowest BCUT2D eigenvalue weighted by Crippen LogP contribution is -2.20. The van der Waals surface area contributed by atoms with Crippen molar-refractivity contribution in [3.05, 3.63) is 23.8 Å². The Kier molecular flexibility index (Phi) is 5.82. The van der Waals surface area contributed by atoms with Crippen molar-refractivity contribution < 1.29 is 9.53 Å². The summed E-state index contributed by atoms with van der Waals surface area (Å²) in [6, 6.07) is 5.69. The highest BCUT2D eigenvalue weighted by Gasteiger charge is 2.22. The van der Waals surface area contributed by atoms with E-state index in [-0.39, 0.29) is 5.97 Å². The summed E-state index contributed by atoms with van der Waals surface area (Å²) in [6.45, 7) is 12.8. The molecule has 1 aromatic rings. The number of carbonyl (C=O) groups excluding carboxylic acids is 1. The van der Waals surface area contributed by atoms with E-state index in [2.05, 4.69) is 34.6 Å². The summed E-state index contributed by atoms with van der Waals surface area (Å²) in [7, 11) is 0. The number of anilines is 1. The van der Waals surface area contributed by atoms with Crippen LogP contribution in [0, 0.1) is 17.3 Å². The van der Waals surface area contributed by atoms with Gasteiger partial charge in [-0.15, -0.1) is 0 Å². The standard InChI is InChI=1S/C18H29NO2/c1-12(9-13(2)18(4,5)6)10-15-7-8-17(16(19)11-15)21-14(3)20/h7-8,11-13H,9-10,19H2,1-6H3/t12-,13?/m1/s1. The predicted octanol–water partition coefficient (Wildman–Crippen LogP) is 4.45. The van der Waals surface area contributed by atoms with Gasteiger partial charge >= 0.3 is 5.97 Å². The van der Waals surface area contributed by atoms with Crippen LogP contribution in [0.2, 0.25) is 0 Å². The normalized spacial score (nSPS) is 14.6. The average Bonchev–Trinajstić information content (AvgIpc) is 2.30. The second-order valence-electron chi connectivity index (χ2n) is 7.28. The van der Waals surface area contributed by atoms with Gasteiger partial charge in [0, 0.05) is 6.92 Å². The van der Waals surface area contributed by atoms with Crippen LogP contribution in [0.4, 0.5) is 5.69 Å². The summed E-state index contributed by atoms with van der Waals surface area (Å²) in [6.07, 6.45) is 2.18. The molecule has 0 aromatic heterocycles. The molecule has 0 saturated carbocycles. The van der Waals surface area contributed by atoms with Crippen LogP contribution in [0.1, 0.15) is 53.5 Å². The Bertz CT molecular complexity index is 488. The van der Waals surface area contributed by atoms with Crippen LogP contribution in [0.3, 0.4) is 0 Å². The van der Waals surface area contributed by atoms with E-state index >= 15 is 0 Å². The van der Waals surface area contributed by atoms with Gasteiger partial charge in [-0.05, 0) is 47.8 Å². The SMILES string of the molecule is CC(=O)Oc1ccc(C[C@H](C)CC(C)C(C)(C)C)cc1N. The highest BCUT2D eigenvalue weighted by atomic mass is 16.5. The zero-order chi connectivity index (χ0) is 16.2. The molecule has 0 amide bonds. The molecular formula is C18H29NO2. The first-order valence-corrected chi connectivity index (χ1v) is 7.66. The minimum absolute atomic E-state index is 0.340. The summed E-state index contributed by atoms with van der Waals surface area (Å²) >= 11 is 0. The van der Waals surface area contributed by atoms with Crippen molar-refractivity contribution in [3.8, 4) is 5.75 Å².